The zero-order chi connectivity index (χ0) is 13.6. The van der Waals surface area contributed by atoms with Gasteiger partial charge < -0.3 is 10.1 Å². The van der Waals surface area contributed by atoms with E-state index in [1.54, 1.807) is 7.11 Å². The number of benzene rings is 1. The number of ether oxygens (including phenoxy) is 1. The van der Waals surface area contributed by atoms with Crippen molar-refractivity contribution in [2.24, 2.45) is 5.41 Å². The van der Waals surface area contributed by atoms with Crippen molar-refractivity contribution in [2.75, 3.05) is 13.7 Å². The van der Waals surface area contributed by atoms with Crippen LogP contribution in [0.1, 0.15) is 45.7 Å². The highest BCUT2D eigenvalue weighted by Gasteiger charge is 2.32. The number of methoxy groups -OCH3 is 1. The van der Waals surface area contributed by atoms with Crippen molar-refractivity contribution in [3.8, 4) is 0 Å². The van der Waals surface area contributed by atoms with E-state index in [0.717, 1.165) is 13.0 Å². The van der Waals surface area contributed by atoms with Crippen LogP contribution < -0.4 is 5.32 Å². The van der Waals surface area contributed by atoms with Gasteiger partial charge in [-0.05, 0) is 23.9 Å². The van der Waals surface area contributed by atoms with Crippen LogP contribution >= 0.6 is 0 Å². The molecule has 1 N–H and O–H groups in total. The number of hydrogen-bond donors (Lipinski definition) is 1. The standard InChI is InChI=1S/C16H27NO/c1-6-12-17-14(13-10-8-7-9-11-13)15(18-5)16(2,3)4/h7-11,14-15,17H,6,12H2,1-5H3. The summed E-state index contributed by atoms with van der Waals surface area (Å²) in [6.07, 6.45) is 1.29. The fourth-order valence-corrected chi connectivity index (χ4v) is 2.35. The molecule has 0 aliphatic carbocycles. The van der Waals surface area contributed by atoms with Crippen molar-refractivity contribution in [2.45, 2.75) is 46.3 Å². The van der Waals surface area contributed by atoms with Crippen LogP contribution in [0.4, 0.5) is 0 Å². The Balaban J connectivity index is 2.97. The van der Waals surface area contributed by atoms with E-state index in [1.807, 2.05) is 0 Å². The Kier molecular flexibility index (Phi) is 5.83. The molecule has 0 aliphatic heterocycles. The predicted molar refractivity (Wildman–Crippen MR) is 77.7 cm³/mol. The van der Waals surface area contributed by atoms with E-state index >= 15 is 0 Å². The van der Waals surface area contributed by atoms with E-state index in [0.29, 0.717) is 0 Å². The molecule has 2 atom stereocenters. The fourth-order valence-electron chi connectivity index (χ4n) is 2.35. The third kappa shape index (κ3) is 4.11. The molecule has 2 unspecified atom stereocenters. The summed E-state index contributed by atoms with van der Waals surface area (Å²) >= 11 is 0. The maximum absolute atomic E-state index is 5.77. The topological polar surface area (TPSA) is 21.3 Å². The van der Waals surface area contributed by atoms with Crippen LogP contribution in [-0.4, -0.2) is 19.8 Å². The Morgan fingerprint density at radius 2 is 1.78 bits per heavy atom. The molecule has 0 fully saturated rings. The molecule has 2 heteroatoms. The van der Waals surface area contributed by atoms with Gasteiger partial charge in [0.1, 0.15) is 0 Å². The maximum Gasteiger partial charge on any atom is 0.0814 e. The summed E-state index contributed by atoms with van der Waals surface area (Å²) in [5.41, 5.74) is 1.41. The van der Waals surface area contributed by atoms with Crippen LogP contribution in [0.3, 0.4) is 0 Å². The molecule has 0 aliphatic rings. The van der Waals surface area contributed by atoms with Crippen molar-refractivity contribution in [3.05, 3.63) is 35.9 Å². The number of rotatable bonds is 6. The predicted octanol–water partition coefficient (Wildman–Crippen LogP) is 3.79. The van der Waals surface area contributed by atoms with Crippen LogP contribution in [-0.2, 0) is 4.74 Å². The van der Waals surface area contributed by atoms with Gasteiger partial charge in [0.2, 0.25) is 0 Å². The van der Waals surface area contributed by atoms with E-state index < -0.39 is 0 Å². The smallest absolute Gasteiger partial charge is 0.0814 e. The van der Waals surface area contributed by atoms with Gasteiger partial charge >= 0.3 is 0 Å². The van der Waals surface area contributed by atoms with Crippen molar-refractivity contribution in [1.82, 2.24) is 5.32 Å². The Morgan fingerprint density at radius 3 is 2.22 bits per heavy atom. The quantitative estimate of drug-likeness (QED) is 0.828. The van der Waals surface area contributed by atoms with Gasteiger partial charge in [0, 0.05) is 7.11 Å². The Labute approximate surface area is 112 Å². The largest absolute Gasteiger partial charge is 0.379 e. The van der Waals surface area contributed by atoms with Gasteiger partial charge in [-0.25, -0.2) is 0 Å². The first-order chi connectivity index (χ1) is 8.50. The molecule has 0 radical (unpaired) electrons. The summed E-state index contributed by atoms with van der Waals surface area (Å²) in [5, 5.41) is 3.62. The van der Waals surface area contributed by atoms with Crippen LogP contribution in [0.15, 0.2) is 30.3 Å². The molecule has 1 aromatic rings. The van der Waals surface area contributed by atoms with E-state index in [1.165, 1.54) is 5.56 Å². The minimum atomic E-state index is 0.107. The molecule has 0 saturated heterocycles. The lowest BCUT2D eigenvalue weighted by molar-refractivity contribution is -0.0119. The van der Waals surface area contributed by atoms with E-state index in [-0.39, 0.29) is 17.6 Å². The third-order valence-electron chi connectivity index (χ3n) is 3.18. The van der Waals surface area contributed by atoms with Crippen LogP contribution in [0.5, 0.6) is 0 Å². The lowest BCUT2D eigenvalue weighted by Gasteiger charge is -2.36. The third-order valence-corrected chi connectivity index (χ3v) is 3.18. The summed E-state index contributed by atoms with van der Waals surface area (Å²) < 4.78 is 5.77. The van der Waals surface area contributed by atoms with Gasteiger partial charge in [-0.2, -0.15) is 0 Å². The molecule has 18 heavy (non-hydrogen) atoms. The summed E-state index contributed by atoms with van der Waals surface area (Å²) in [4.78, 5) is 0. The lowest BCUT2D eigenvalue weighted by atomic mass is 9.82. The van der Waals surface area contributed by atoms with E-state index in [2.05, 4.69) is 63.3 Å². The first kappa shape index (κ1) is 15.2. The second-order valence-corrected chi connectivity index (χ2v) is 5.86. The molecule has 0 bridgehead atoms. The Morgan fingerprint density at radius 1 is 1.17 bits per heavy atom. The van der Waals surface area contributed by atoms with Crippen molar-refractivity contribution < 1.29 is 4.74 Å². The molecule has 1 aromatic carbocycles. The average Bonchev–Trinajstić information content (AvgIpc) is 2.34. The normalized spacial score (nSPS) is 15.4. The van der Waals surface area contributed by atoms with Crippen molar-refractivity contribution in [1.29, 1.82) is 0 Å². The molecule has 0 aromatic heterocycles. The zero-order valence-corrected chi connectivity index (χ0v) is 12.4. The summed E-state index contributed by atoms with van der Waals surface area (Å²) in [6.45, 7) is 9.88. The van der Waals surface area contributed by atoms with Gasteiger partial charge in [0.25, 0.3) is 0 Å². The summed E-state index contributed by atoms with van der Waals surface area (Å²) in [6, 6.07) is 10.8. The van der Waals surface area contributed by atoms with Gasteiger partial charge in [-0.3, -0.25) is 0 Å². The molecule has 0 saturated carbocycles. The van der Waals surface area contributed by atoms with Gasteiger partial charge in [-0.1, -0.05) is 58.0 Å². The van der Waals surface area contributed by atoms with Crippen LogP contribution in [0.2, 0.25) is 0 Å². The zero-order valence-electron chi connectivity index (χ0n) is 12.4. The average molecular weight is 249 g/mol. The molecule has 0 heterocycles. The van der Waals surface area contributed by atoms with Crippen molar-refractivity contribution >= 4 is 0 Å². The lowest BCUT2D eigenvalue weighted by Crippen LogP contribution is -2.41. The Bertz CT molecular complexity index is 329. The first-order valence-corrected chi connectivity index (χ1v) is 6.81. The van der Waals surface area contributed by atoms with E-state index in [9.17, 15) is 0 Å². The first-order valence-electron chi connectivity index (χ1n) is 6.81. The summed E-state index contributed by atoms with van der Waals surface area (Å²) in [7, 11) is 1.81. The minimum Gasteiger partial charge on any atom is -0.379 e. The summed E-state index contributed by atoms with van der Waals surface area (Å²) in [5.74, 6) is 0. The van der Waals surface area contributed by atoms with Crippen LogP contribution in [0, 0.1) is 5.41 Å². The van der Waals surface area contributed by atoms with Gasteiger partial charge in [0.15, 0.2) is 0 Å². The number of hydrogen-bond acceptors (Lipinski definition) is 2. The molecule has 2 nitrogen and oxygen atoms in total. The highest BCUT2D eigenvalue weighted by atomic mass is 16.5. The van der Waals surface area contributed by atoms with Crippen LogP contribution in [0.25, 0.3) is 0 Å². The van der Waals surface area contributed by atoms with Gasteiger partial charge in [-0.15, -0.1) is 0 Å². The number of nitrogens with one attached hydrogen (secondary N) is 1. The molecule has 0 amide bonds. The second kappa shape index (κ2) is 6.91. The highest BCUT2D eigenvalue weighted by Crippen LogP contribution is 2.32. The molecular formula is C16H27NO. The second-order valence-electron chi connectivity index (χ2n) is 5.86. The maximum atomic E-state index is 5.77. The molecule has 1 rings (SSSR count). The van der Waals surface area contributed by atoms with Gasteiger partial charge in [0.05, 0.1) is 12.1 Å². The van der Waals surface area contributed by atoms with Crippen molar-refractivity contribution in [3.63, 3.8) is 0 Å². The fraction of sp³-hybridized carbons (Fsp3) is 0.625. The monoisotopic (exact) mass is 249 g/mol. The highest BCUT2D eigenvalue weighted by molar-refractivity contribution is 5.21. The minimum absolute atomic E-state index is 0.107. The molecule has 102 valence electrons. The molecule has 0 spiro atoms. The van der Waals surface area contributed by atoms with E-state index in [4.69, 9.17) is 4.74 Å². The molecular weight excluding hydrogens is 222 g/mol. The SMILES string of the molecule is CCCNC(c1ccccc1)C(OC)C(C)(C)C. The Hall–Kier alpha value is -0.860.